The highest BCUT2D eigenvalue weighted by molar-refractivity contribution is 7.13. The SMILES string of the molecule is O=C(Nc1nncs1)c1cc(Cl)c2c(c1)OCO2. The molecule has 2 heterocycles. The minimum absolute atomic E-state index is 0.108. The number of carbonyl (C=O) groups is 1. The molecule has 0 spiro atoms. The van der Waals surface area contributed by atoms with Crippen LogP contribution in [0.25, 0.3) is 0 Å². The van der Waals surface area contributed by atoms with Gasteiger partial charge < -0.3 is 9.47 Å². The summed E-state index contributed by atoms with van der Waals surface area (Å²) >= 11 is 7.22. The Hall–Kier alpha value is -1.86. The molecule has 3 rings (SSSR count). The third kappa shape index (κ3) is 1.98. The number of hydrogen-bond acceptors (Lipinski definition) is 6. The van der Waals surface area contributed by atoms with Crippen LogP contribution in [0.15, 0.2) is 17.6 Å². The molecule has 1 aliphatic heterocycles. The number of benzene rings is 1. The van der Waals surface area contributed by atoms with Crippen LogP contribution in [-0.2, 0) is 0 Å². The van der Waals surface area contributed by atoms with Crippen molar-refractivity contribution in [2.75, 3.05) is 12.1 Å². The lowest BCUT2D eigenvalue weighted by Crippen LogP contribution is -2.11. The summed E-state index contributed by atoms with van der Waals surface area (Å²) in [6.07, 6.45) is 0. The van der Waals surface area contributed by atoms with Gasteiger partial charge in [-0.3, -0.25) is 10.1 Å². The van der Waals surface area contributed by atoms with Gasteiger partial charge >= 0.3 is 0 Å². The van der Waals surface area contributed by atoms with Crippen LogP contribution in [0.1, 0.15) is 10.4 Å². The molecule has 1 N–H and O–H groups in total. The second kappa shape index (κ2) is 4.43. The minimum Gasteiger partial charge on any atom is -0.454 e. The number of fused-ring (bicyclic) bond motifs is 1. The smallest absolute Gasteiger partial charge is 0.257 e. The fourth-order valence-corrected chi connectivity index (χ4v) is 2.20. The van der Waals surface area contributed by atoms with Gasteiger partial charge in [0.1, 0.15) is 5.51 Å². The van der Waals surface area contributed by atoms with Crippen LogP contribution in [0.5, 0.6) is 11.5 Å². The molecular weight excluding hydrogens is 278 g/mol. The number of halogens is 1. The average Bonchev–Trinajstić information content (AvgIpc) is 2.98. The minimum atomic E-state index is -0.327. The fourth-order valence-electron chi connectivity index (χ4n) is 1.50. The highest BCUT2D eigenvalue weighted by Gasteiger charge is 2.21. The van der Waals surface area contributed by atoms with E-state index in [9.17, 15) is 4.79 Å². The quantitative estimate of drug-likeness (QED) is 0.914. The molecule has 1 aromatic carbocycles. The number of amides is 1. The maximum atomic E-state index is 11.9. The number of carbonyl (C=O) groups excluding carboxylic acids is 1. The standard InChI is InChI=1S/C10H6ClN3O3S/c11-6-1-5(2-7-8(6)17-4-16-7)9(15)13-10-14-12-3-18-10/h1-3H,4H2,(H,13,14,15). The van der Waals surface area contributed by atoms with Gasteiger partial charge in [0.2, 0.25) is 11.9 Å². The van der Waals surface area contributed by atoms with Crippen molar-refractivity contribution < 1.29 is 14.3 Å². The van der Waals surface area contributed by atoms with Crippen LogP contribution in [0.3, 0.4) is 0 Å². The zero-order chi connectivity index (χ0) is 12.5. The Balaban J connectivity index is 1.88. The first-order valence-corrected chi connectivity index (χ1v) is 6.16. The van der Waals surface area contributed by atoms with E-state index in [0.717, 1.165) is 0 Å². The van der Waals surface area contributed by atoms with Crippen LogP contribution >= 0.6 is 22.9 Å². The van der Waals surface area contributed by atoms with E-state index in [1.807, 2.05) is 0 Å². The van der Waals surface area contributed by atoms with Gasteiger partial charge in [0.15, 0.2) is 11.5 Å². The van der Waals surface area contributed by atoms with E-state index in [1.165, 1.54) is 22.9 Å². The molecule has 0 aliphatic carbocycles. The second-order valence-corrected chi connectivity index (χ2v) is 4.63. The van der Waals surface area contributed by atoms with Gasteiger partial charge in [0.25, 0.3) is 5.91 Å². The number of hydrogen-bond donors (Lipinski definition) is 1. The maximum Gasteiger partial charge on any atom is 0.257 e. The predicted molar refractivity (Wildman–Crippen MR) is 65.4 cm³/mol. The van der Waals surface area contributed by atoms with Crippen LogP contribution in [0, 0.1) is 0 Å². The summed E-state index contributed by atoms with van der Waals surface area (Å²) in [4.78, 5) is 11.9. The maximum absolute atomic E-state index is 11.9. The zero-order valence-electron chi connectivity index (χ0n) is 8.84. The lowest BCUT2D eigenvalue weighted by molar-refractivity contribution is 0.102. The summed E-state index contributed by atoms with van der Waals surface area (Å²) in [7, 11) is 0. The van der Waals surface area contributed by atoms with Crippen molar-refractivity contribution in [3.63, 3.8) is 0 Å². The van der Waals surface area contributed by atoms with Gasteiger partial charge in [-0.05, 0) is 12.1 Å². The Morgan fingerprint density at radius 3 is 3.11 bits per heavy atom. The predicted octanol–water partition coefficient (Wildman–Crippen LogP) is 2.17. The topological polar surface area (TPSA) is 73.3 Å². The van der Waals surface area contributed by atoms with Crippen molar-refractivity contribution in [2.45, 2.75) is 0 Å². The van der Waals surface area contributed by atoms with Crippen LogP contribution in [0.2, 0.25) is 5.02 Å². The molecule has 0 saturated heterocycles. The molecular formula is C10H6ClN3O3S. The highest BCUT2D eigenvalue weighted by atomic mass is 35.5. The van der Waals surface area contributed by atoms with Crippen LogP contribution in [0.4, 0.5) is 5.13 Å². The molecule has 1 amide bonds. The first-order chi connectivity index (χ1) is 8.74. The van der Waals surface area contributed by atoms with Gasteiger partial charge in [-0.2, -0.15) is 0 Å². The summed E-state index contributed by atoms with van der Waals surface area (Å²) in [5.74, 6) is 0.598. The Morgan fingerprint density at radius 2 is 2.33 bits per heavy atom. The summed E-state index contributed by atoms with van der Waals surface area (Å²) in [6, 6.07) is 3.09. The van der Waals surface area contributed by atoms with Crippen molar-refractivity contribution >= 4 is 34.0 Å². The lowest BCUT2D eigenvalue weighted by Gasteiger charge is -2.04. The van der Waals surface area contributed by atoms with Crippen molar-refractivity contribution in [3.05, 3.63) is 28.2 Å². The molecule has 0 saturated carbocycles. The molecule has 0 fully saturated rings. The van der Waals surface area contributed by atoms with Crippen molar-refractivity contribution in [1.29, 1.82) is 0 Å². The average molecular weight is 284 g/mol. The molecule has 6 nitrogen and oxygen atoms in total. The van der Waals surface area contributed by atoms with E-state index in [2.05, 4.69) is 15.5 Å². The van der Waals surface area contributed by atoms with E-state index in [4.69, 9.17) is 21.1 Å². The Morgan fingerprint density at radius 1 is 1.44 bits per heavy atom. The highest BCUT2D eigenvalue weighted by Crippen LogP contribution is 2.39. The summed E-state index contributed by atoms with van der Waals surface area (Å²) < 4.78 is 10.4. The first-order valence-electron chi connectivity index (χ1n) is 4.91. The largest absolute Gasteiger partial charge is 0.454 e. The van der Waals surface area contributed by atoms with Gasteiger partial charge in [0.05, 0.1) is 5.02 Å². The second-order valence-electron chi connectivity index (χ2n) is 3.39. The normalized spacial score (nSPS) is 12.5. The number of ether oxygens (including phenoxy) is 2. The van der Waals surface area contributed by atoms with E-state index >= 15 is 0 Å². The monoisotopic (exact) mass is 283 g/mol. The third-order valence-corrected chi connectivity index (χ3v) is 3.16. The Bertz CT molecular complexity index is 603. The van der Waals surface area contributed by atoms with Crippen LogP contribution in [-0.4, -0.2) is 22.9 Å². The lowest BCUT2D eigenvalue weighted by atomic mass is 10.2. The summed E-state index contributed by atoms with van der Waals surface area (Å²) in [5.41, 5.74) is 1.90. The van der Waals surface area contributed by atoms with Gasteiger partial charge in [-0.15, -0.1) is 10.2 Å². The molecule has 2 aromatic rings. The van der Waals surface area contributed by atoms with E-state index < -0.39 is 0 Å². The molecule has 92 valence electrons. The number of anilines is 1. The molecule has 0 bridgehead atoms. The van der Waals surface area contributed by atoms with Gasteiger partial charge in [-0.1, -0.05) is 22.9 Å². The van der Waals surface area contributed by atoms with Gasteiger partial charge in [0, 0.05) is 5.56 Å². The molecule has 18 heavy (non-hydrogen) atoms. The molecule has 8 heteroatoms. The van der Waals surface area contributed by atoms with Crippen molar-refractivity contribution in [2.24, 2.45) is 0 Å². The molecule has 1 aliphatic rings. The van der Waals surface area contributed by atoms with Crippen molar-refractivity contribution in [1.82, 2.24) is 10.2 Å². The summed E-state index contributed by atoms with van der Waals surface area (Å²) in [6.45, 7) is 0.108. The number of nitrogens with one attached hydrogen (secondary N) is 1. The first kappa shape index (κ1) is 11.2. The third-order valence-electron chi connectivity index (χ3n) is 2.27. The van der Waals surface area contributed by atoms with Crippen LogP contribution < -0.4 is 14.8 Å². The van der Waals surface area contributed by atoms with Crippen molar-refractivity contribution in [3.8, 4) is 11.5 Å². The van der Waals surface area contributed by atoms with E-state index in [-0.39, 0.29) is 12.7 Å². The van der Waals surface area contributed by atoms with Gasteiger partial charge in [-0.25, -0.2) is 0 Å². The molecule has 1 aromatic heterocycles. The fraction of sp³-hybridized carbons (Fsp3) is 0.100. The number of aromatic nitrogens is 2. The Labute approximate surface area is 111 Å². The molecule has 0 unspecified atom stereocenters. The summed E-state index contributed by atoms with van der Waals surface area (Å²) in [5, 5.41) is 10.7. The van der Waals surface area contributed by atoms with E-state index in [0.29, 0.717) is 27.2 Å². The zero-order valence-corrected chi connectivity index (χ0v) is 10.4. The molecule has 0 radical (unpaired) electrons. The molecule has 0 atom stereocenters. The van der Waals surface area contributed by atoms with E-state index in [1.54, 1.807) is 6.07 Å². The Kier molecular flexibility index (Phi) is 2.77. The number of nitrogens with zero attached hydrogens (tertiary/aromatic N) is 2. The number of rotatable bonds is 2.